The molecule has 0 fully saturated rings. The van der Waals surface area contributed by atoms with E-state index in [1.165, 1.54) is 11.8 Å². The van der Waals surface area contributed by atoms with Crippen LogP contribution in [0, 0.1) is 0 Å². The van der Waals surface area contributed by atoms with Crippen LogP contribution < -0.4 is 16.4 Å². The van der Waals surface area contributed by atoms with Crippen LogP contribution in [0.25, 0.3) is 0 Å². The number of nitrogens with one attached hydrogen (secondary N) is 2. The first kappa shape index (κ1) is 16.6. The molecule has 0 aliphatic carbocycles. The molecule has 1 aromatic heterocycles. The van der Waals surface area contributed by atoms with Gasteiger partial charge in [0, 0.05) is 12.2 Å². The second-order valence-corrected chi connectivity index (χ2v) is 5.41. The minimum absolute atomic E-state index is 0.263. The van der Waals surface area contributed by atoms with Gasteiger partial charge in [0.05, 0.1) is 12.8 Å². The number of anilines is 1. The lowest BCUT2D eigenvalue weighted by molar-refractivity contribution is 0.0927. The largest absolute Gasteiger partial charge is 0.459 e. The number of nitrogens with zero attached hydrogens (tertiary/aromatic N) is 1. The second-order valence-electron chi connectivity index (χ2n) is 5.41. The lowest BCUT2D eigenvalue weighted by Crippen LogP contribution is -2.28. The van der Waals surface area contributed by atoms with Crippen LogP contribution in [-0.4, -0.2) is 25.0 Å². The van der Waals surface area contributed by atoms with Gasteiger partial charge in [-0.2, -0.15) is 0 Å². The molecular weight excluding hydrogens is 292 g/mol. The lowest BCUT2D eigenvalue weighted by atomic mass is 10.0. The van der Waals surface area contributed by atoms with Gasteiger partial charge in [0.2, 0.25) is 0 Å². The molecule has 6 heteroatoms. The van der Waals surface area contributed by atoms with E-state index >= 15 is 0 Å². The first-order valence-corrected chi connectivity index (χ1v) is 7.55. The highest BCUT2D eigenvalue weighted by Gasteiger charge is 2.06. The summed E-state index contributed by atoms with van der Waals surface area (Å²) in [5.74, 6) is 0.789. The molecule has 2 aromatic rings. The molecule has 122 valence electrons. The van der Waals surface area contributed by atoms with E-state index in [4.69, 9.17) is 10.2 Å². The molecule has 0 bridgehead atoms. The third-order valence-electron chi connectivity index (χ3n) is 3.25. The van der Waals surface area contributed by atoms with Gasteiger partial charge >= 0.3 is 0 Å². The normalized spacial score (nSPS) is 11.5. The fourth-order valence-electron chi connectivity index (χ4n) is 2.00. The van der Waals surface area contributed by atoms with Gasteiger partial charge < -0.3 is 20.8 Å². The highest BCUT2D eigenvalue weighted by Crippen LogP contribution is 2.18. The maximum absolute atomic E-state index is 11.6. The highest BCUT2D eigenvalue weighted by atomic mass is 16.3. The number of nitrogens with two attached hydrogens (primary N) is 1. The number of hydrogen-bond donors (Lipinski definition) is 3. The van der Waals surface area contributed by atoms with E-state index in [-0.39, 0.29) is 11.7 Å². The number of hydrogen-bond acceptors (Lipinski definition) is 3. The summed E-state index contributed by atoms with van der Waals surface area (Å²) in [6, 6.07) is 11.3. The van der Waals surface area contributed by atoms with Crippen molar-refractivity contribution in [2.45, 2.75) is 19.8 Å². The molecule has 0 unspecified atom stereocenters. The Labute approximate surface area is 135 Å². The van der Waals surface area contributed by atoms with Crippen molar-refractivity contribution in [3.63, 3.8) is 0 Å². The third kappa shape index (κ3) is 5.18. The predicted octanol–water partition coefficient (Wildman–Crippen LogP) is 2.56. The Balaban J connectivity index is 1.79. The summed E-state index contributed by atoms with van der Waals surface area (Å²) in [5, 5.41) is 5.75. The van der Waals surface area contributed by atoms with E-state index in [1.54, 1.807) is 12.1 Å². The van der Waals surface area contributed by atoms with Crippen LogP contribution in [0.15, 0.2) is 52.1 Å². The van der Waals surface area contributed by atoms with E-state index in [2.05, 4.69) is 35.5 Å². The molecule has 0 atom stereocenters. The van der Waals surface area contributed by atoms with Crippen molar-refractivity contribution < 1.29 is 9.21 Å². The van der Waals surface area contributed by atoms with Gasteiger partial charge in [-0.25, -0.2) is 0 Å². The zero-order valence-corrected chi connectivity index (χ0v) is 13.4. The zero-order chi connectivity index (χ0) is 16.7. The molecule has 1 aromatic carbocycles. The topological polar surface area (TPSA) is 92.6 Å². The number of furan rings is 1. The van der Waals surface area contributed by atoms with Crippen molar-refractivity contribution in [2.75, 3.05) is 18.4 Å². The van der Waals surface area contributed by atoms with Crippen LogP contribution in [0.2, 0.25) is 0 Å². The molecule has 23 heavy (non-hydrogen) atoms. The van der Waals surface area contributed by atoms with Crippen LogP contribution in [-0.2, 0) is 0 Å². The van der Waals surface area contributed by atoms with E-state index in [1.807, 2.05) is 18.2 Å². The number of guanidine groups is 1. The maximum Gasteiger partial charge on any atom is 0.287 e. The van der Waals surface area contributed by atoms with Crippen molar-refractivity contribution >= 4 is 17.6 Å². The Bertz CT molecular complexity index is 663. The smallest absolute Gasteiger partial charge is 0.287 e. The minimum Gasteiger partial charge on any atom is -0.459 e. The third-order valence-corrected chi connectivity index (χ3v) is 3.25. The van der Waals surface area contributed by atoms with Crippen molar-refractivity contribution in [1.29, 1.82) is 0 Å². The van der Waals surface area contributed by atoms with Crippen molar-refractivity contribution in [2.24, 2.45) is 10.7 Å². The average molecular weight is 314 g/mol. The van der Waals surface area contributed by atoms with Gasteiger partial charge in [-0.1, -0.05) is 26.0 Å². The second kappa shape index (κ2) is 8.03. The molecule has 2 rings (SSSR count). The average Bonchev–Trinajstić information content (AvgIpc) is 3.06. The molecule has 6 nitrogen and oxygen atoms in total. The standard InChI is InChI=1S/C17H22N4O2/c1-12(2)13-5-3-6-14(11-13)21-17(18)20-9-8-19-16(22)15-7-4-10-23-15/h3-7,10-12H,8-9H2,1-2H3,(H,19,22)(H3,18,20,21). The summed E-state index contributed by atoms with van der Waals surface area (Å²) < 4.78 is 5.00. The van der Waals surface area contributed by atoms with Gasteiger partial charge in [0.15, 0.2) is 11.7 Å². The number of benzene rings is 1. The van der Waals surface area contributed by atoms with Crippen LogP contribution in [0.4, 0.5) is 5.69 Å². The Kier molecular flexibility index (Phi) is 5.80. The minimum atomic E-state index is -0.263. The SMILES string of the molecule is CC(C)c1cccc(NC(N)=NCCNC(=O)c2ccco2)c1. The molecule has 0 saturated heterocycles. The fourth-order valence-corrected chi connectivity index (χ4v) is 2.00. The zero-order valence-electron chi connectivity index (χ0n) is 13.4. The Morgan fingerprint density at radius 3 is 2.83 bits per heavy atom. The van der Waals surface area contributed by atoms with Gasteiger partial charge in [-0.05, 0) is 35.7 Å². The number of amides is 1. The first-order chi connectivity index (χ1) is 11.1. The molecule has 1 heterocycles. The summed E-state index contributed by atoms with van der Waals surface area (Å²) >= 11 is 0. The number of rotatable bonds is 6. The molecule has 0 aliphatic heterocycles. The predicted molar refractivity (Wildman–Crippen MR) is 91.7 cm³/mol. The summed E-state index contributed by atoms with van der Waals surface area (Å²) in [7, 11) is 0. The van der Waals surface area contributed by atoms with Gasteiger partial charge in [0.25, 0.3) is 5.91 Å². The van der Waals surface area contributed by atoms with E-state index in [9.17, 15) is 4.79 Å². The monoisotopic (exact) mass is 314 g/mol. The van der Waals surface area contributed by atoms with Crippen LogP contribution >= 0.6 is 0 Å². The summed E-state index contributed by atoms with van der Waals surface area (Å²) in [6.45, 7) is 5.04. The first-order valence-electron chi connectivity index (χ1n) is 7.55. The molecular formula is C17H22N4O2. The summed E-state index contributed by atoms with van der Waals surface area (Å²) in [5.41, 5.74) is 7.98. The molecule has 0 radical (unpaired) electrons. The van der Waals surface area contributed by atoms with Gasteiger partial charge in [-0.15, -0.1) is 0 Å². The number of aliphatic imine (C=N–C) groups is 1. The molecule has 0 saturated carbocycles. The summed E-state index contributed by atoms with van der Waals surface area (Å²) in [4.78, 5) is 15.8. The number of carbonyl (C=O) groups excluding carboxylic acids is 1. The maximum atomic E-state index is 11.6. The van der Waals surface area contributed by atoms with Crippen LogP contribution in [0.3, 0.4) is 0 Å². The van der Waals surface area contributed by atoms with Crippen molar-refractivity contribution in [1.82, 2.24) is 5.32 Å². The van der Waals surface area contributed by atoms with E-state index in [0.29, 0.717) is 25.0 Å². The van der Waals surface area contributed by atoms with E-state index in [0.717, 1.165) is 5.69 Å². The van der Waals surface area contributed by atoms with Gasteiger partial charge in [0.1, 0.15) is 0 Å². The Morgan fingerprint density at radius 1 is 1.30 bits per heavy atom. The van der Waals surface area contributed by atoms with Crippen LogP contribution in [0.1, 0.15) is 35.9 Å². The molecule has 4 N–H and O–H groups in total. The molecule has 0 spiro atoms. The molecule has 0 aliphatic rings. The van der Waals surface area contributed by atoms with Crippen LogP contribution in [0.5, 0.6) is 0 Å². The number of carbonyl (C=O) groups is 1. The van der Waals surface area contributed by atoms with E-state index < -0.39 is 0 Å². The Morgan fingerprint density at radius 2 is 2.13 bits per heavy atom. The highest BCUT2D eigenvalue weighted by molar-refractivity contribution is 5.92. The molecule has 1 amide bonds. The van der Waals surface area contributed by atoms with Gasteiger partial charge in [-0.3, -0.25) is 9.79 Å². The Hall–Kier alpha value is -2.76. The lowest BCUT2D eigenvalue weighted by Gasteiger charge is -2.10. The fraction of sp³-hybridized carbons (Fsp3) is 0.294. The van der Waals surface area contributed by atoms with Crippen molar-refractivity contribution in [3.8, 4) is 0 Å². The quantitative estimate of drug-likeness (QED) is 0.434. The summed E-state index contributed by atoms with van der Waals surface area (Å²) in [6.07, 6.45) is 1.46. The van der Waals surface area contributed by atoms with Crippen molar-refractivity contribution in [3.05, 3.63) is 54.0 Å².